The van der Waals surface area contributed by atoms with E-state index in [1.807, 2.05) is 12.1 Å². The molecule has 0 saturated carbocycles. The number of nitrogens with one attached hydrogen (secondary N) is 1. The van der Waals surface area contributed by atoms with Gasteiger partial charge in [0.05, 0.1) is 11.9 Å². The Balaban J connectivity index is 1.80. The average Bonchev–Trinajstić information content (AvgIpc) is 3.00. The van der Waals surface area contributed by atoms with E-state index in [0.717, 1.165) is 34.8 Å². The number of anilines is 1. The minimum atomic E-state index is 0.814. The van der Waals surface area contributed by atoms with Crippen molar-refractivity contribution < 1.29 is 0 Å². The Labute approximate surface area is 146 Å². The molecular weight excluding hydrogens is 316 g/mol. The lowest BCUT2D eigenvalue weighted by atomic mass is 10.1. The van der Waals surface area contributed by atoms with Crippen LogP contribution in [-0.4, -0.2) is 16.2 Å². The van der Waals surface area contributed by atoms with Crippen molar-refractivity contribution in [1.29, 1.82) is 0 Å². The molecule has 1 aromatic carbocycles. The highest BCUT2D eigenvalue weighted by molar-refractivity contribution is 7.16. The summed E-state index contributed by atoms with van der Waals surface area (Å²) in [5, 5.41) is 5.08. The van der Waals surface area contributed by atoms with Gasteiger partial charge in [0.25, 0.3) is 0 Å². The van der Waals surface area contributed by atoms with Crippen LogP contribution in [0.3, 0.4) is 0 Å². The molecule has 3 rings (SSSR count). The molecule has 0 unspecified atom stereocenters. The van der Waals surface area contributed by atoms with Crippen molar-refractivity contribution in [2.75, 3.05) is 5.43 Å². The number of aromatic nitrogens is 2. The first kappa shape index (κ1) is 16.3. The van der Waals surface area contributed by atoms with Gasteiger partial charge in [-0.15, -0.1) is 0 Å². The fourth-order valence-corrected chi connectivity index (χ4v) is 3.38. The maximum absolute atomic E-state index is 4.74. The second kappa shape index (κ2) is 7.84. The predicted octanol–water partition coefficient (Wildman–Crippen LogP) is 4.91. The third-order valence-corrected chi connectivity index (χ3v) is 4.58. The van der Waals surface area contributed by atoms with Crippen LogP contribution >= 0.6 is 11.3 Å². The van der Waals surface area contributed by atoms with E-state index in [-0.39, 0.29) is 0 Å². The molecule has 0 saturated heterocycles. The minimum Gasteiger partial charge on any atom is -0.264 e. The monoisotopic (exact) mass is 336 g/mol. The molecule has 4 nitrogen and oxygen atoms in total. The van der Waals surface area contributed by atoms with E-state index in [1.54, 1.807) is 29.9 Å². The van der Waals surface area contributed by atoms with Crippen molar-refractivity contribution in [3.63, 3.8) is 0 Å². The van der Waals surface area contributed by atoms with Crippen LogP contribution in [-0.2, 0) is 6.42 Å². The Bertz CT molecular complexity index is 807. The molecule has 0 aliphatic rings. The van der Waals surface area contributed by atoms with Gasteiger partial charge in [-0.25, -0.2) is 4.98 Å². The van der Waals surface area contributed by atoms with Crippen LogP contribution in [0.1, 0.15) is 29.3 Å². The Morgan fingerprint density at radius 1 is 1.21 bits per heavy atom. The molecule has 24 heavy (non-hydrogen) atoms. The summed E-state index contributed by atoms with van der Waals surface area (Å²) in [6.45, 7) is 4.28. The molecular formula is C19H20N4S. The van der Waals surface area contributed by atoms with Crippen molar-refractivity contribution in [2.24, 2.45) is 5.10 Å². The Hall–Kier alpha value is -2.53. The molecule has 3 aromatic rings. The standard InChI is InChI=1S/C19H20N4S/c1-3-5-17-18(16-9-7-14(2)8-10-16)22-19(24-17)23-21-13-15-6-4-11-20-12-15/h4,6-13H,3,5H2,1-2H3,(H,22,23)/b21-13-. The third-order valence-electron chi connectivity index (χ3n) is 3.56. The fraction of sp³-hybridized carbons (Fsp3) is 0.211. The Morgan fingerprint density at radius 2 is 2.04 bits per heavy atom. The van der Waals surface area contributed by atoms with Crippen molar-refractivity contribution in [2.45, 2.75) is 26.7 Å². The lowest BCUT2D eigenvalue weighted by Crippen LogP contribution is -1.90. The number of thiazole rings is 1. The molecule has 2 heterocycles. The smallest absolute Gasteiger partial charge is 0.204 e. The van der Waals surface area contributed by atoms with Gasteiger partial charge in [0.2, 0.25) is 5.13 Å². The second-order valence-corrected chi connectivity index (χ2v) is 6.65. The largest absolute Gasteiger partial charge is 0.264 e. The number of hydrogen-bond acceptors (Lipinski definition) is 5. The van der Waals surface area contributed by atoms with Crippen molar-refractivity contribution in [1.82, 2.24) is 9.97 Å². The van der Waals surface area contributed by atoms with Crippen LogP contribution in [0, 0.1) is 6.92 Å². The molecule has 0 fully saturated rings. The van der Waals surface area contributed by atoms with Gasteiger partial charge >= 0.3 is 0 Å². The SMILES string of the molecule is CCCc1sc(N/N=C\c2cccnc2)nc1-c1ccc(C)cc1. The van der Waals surface area contributed by atoms with Gasteiger partial charge in [-0.1, -0.05) is 60.6 Å². The minimum absolute atomic E-state index is 0.814. The lowest BCUT2D eigenvalue weighted by Gasteiger charge is -2.01. The quantitative estimate of drug-likeness (QED) is 0.514. The van der Waals surface area contributed by atoms with Crippen LogP contribution in [0.2, 0.25) is 0 Å². The van der Waals surface area contributed by atoms with Crippen molar-refractivity contribution in [3.05, 3.63) is 64.8 Å². The first-order valence-electron chi connectivity index (χ1n) is 8.02. The zero-order chi connectivity index (χ0) is 16.8. The topological polar surface area (TPSA) is 50.2 Å². The molecule has 0 radical (unpaired) electrons. The highest BCUT2D eigenvalue weighted by atomic mass is 32.1. The zero-order valence-electron chi connectivity index (χ0n) is 13.9. The third kappa shape index (κ3) is 4.06. The predicted molar refractivity (Wildman–Crippen MR) is 102 cm³/mol. The molecule has 1 N–H and O–H groups in total. The second-order valence-electron chi connectivity index (χ2n) is 5.56. The van der Waals surface area contributed by atoms with E-state index in [9.17, 15) is 0 Å². The number of aryl methyl sites for hydroxylation is 2. The maximum atomic E-state index is 4.74. The number of nitrogens with zero attached hydrogens (tertiary/aromatic N) is 3. The average molecular weight is 336 g/mol. The highest BCUT2D eigenvalue weighted by Gasteiger charge is 2.12. The number of hydrogen-bond donors (Lipinski definition) is 1. The van der Waals surface area contributed by atoms with Gasteiger partial charge < -0.3 is 0 Å². The molecule has 0 spiro atoms. The van der Waals surface area contributed by atoms with Crippen molar-refractivity contribution >= 4 is 22.7 Å². The highest BCUT2D eigenvalue weighted by Crippen LogP contribution is 2.32. The normalized spacial score (nSPS) is 11.1. The van der Waals surface area contributed by atoms with Gasteiger partial charge in [-0.3, -0.25) is 10.4 Å². The van der Waals surface area contributed by atoms with Gasteiger partial charge in [-0.2, -0.15) is 5.10 Å². The fourth-order valence-electron chi connectivity index (χ4n) is 2.35. The van der Waals surface area contributed by atoms with Crippen LogP contribution < -0.4 is 5.43 Å². The van der Waals surface area contributed by atoms with E-state index in [0.29, 0.717) is 0 Å². The number of pyridine rings is 1. The molecule has 0 atom stereocenters. The summed E-state index contributed by atoms with van der Waals surface area (Å²) in [4.78, 5) is 10.1. The lowest BCUT2D eigenvalue weighted by molar-refractivity contribution is 0.938. The van der Waals surface area contributed by atoms with E-state index < -0.39 is 0 Å². The van der Waals surface area contributed by atoms with Crippen LogP contribution in [0.15, 0.2) is 53.9 Å². The summed E-state index contributed by atoms with van der Waals surface area (Å²) in [7, 11) is 0. The van der Waals surface area contributed by atoms with E-state index >= 15 is 0 Å². The number of hydrazone groups is 1. The molecule has 0 aliphatic heterocycles. The molecule has 0 bridgehead atoms. The molecule has 5 heteroatoms. The summed E-state index contributed by atoms with van der Waals surface area (Å²) >= 11 is 1.67. The molecule has 0 aliphatic carbocycles. The summed E-state index contributed by atoms with van der Waals surface area (Å²) in [6.07, 6.45) is 7.39. The van der Waals surface area contributed by atoms with Gasteiger partial charge in [-0.05, 0) is 19.4 Å². The molecule has 0 amide bonds. The molecule has 2 aromatic heterocycles. The van der Waals surface area contributed by atoms with Crippen LogP contribution in [0.5, 0.6) is 0 Å². The first-order chi connectivity index (χ1) is 11.8. The van der Waals surface area contributed by atoms with Crippen LogP contribution in [0.25, 0.3) is 11.3 Å². The van der Waals surface area contributed by atoms with E-state index in [4.69, 9.17) is 4.98 Å². The number of rotatable bonds is 6. The summed E-state index contributed by atoms with van der Waals surface area (Å²) < 4.78 is 0. The van der Waals surface area contributed by atoms with E-state index in [1.165, 1.54) is 10.4 Å². The first-order valence-corrected chi connectivity index (χ1v) is 8.83. The Morgan fingerprint density at radius 3 is 2.75 bits per heavy atom. The van der Waals surface area contributed by atoms with Gasteiger partial charge in [0, 0.05) is 28.4 Å². The summed E-state index contributed by atoms with van der Waals surface area (Å²) in [5.41, 5.74) is 7.46. The number of benzene rings is 1. The van der Waals surface area contributed by atoms with E-state index in [2.05, 4.69) is 53.6 Å². The maximum Gasteiger partial charge on any atom is 0.204 e. The Kier molecular flexibility index (Phi) is 5.33. The van der Waals surface area contributed by atoms with Gasteiger partial charge in [0.1, 0.15) is 0 Å². The summed E-state index contributed by atoms with van der Waals surface area (Å²) in [5.74, 6) is 0. The van der Waals surface area contributed by atoms with Gasteiger partial charge in [0.15, 0.2) is 0 Å². The molecule has 122 valence electrons. The van der Waals surface area contributed by atoms with Crippen LogP contribution in [0.4, 0.5) is 5.13 Å². The van der Waals surface area contributed by atoms with Crippen molar-refractivity contribution in [3.8, 4) is 11.3 Å². The summed E-state index contributed by atoms with van der Waals surface area (Å²) in [6, 6.07) is 12.4. The zero-order valence-corrected chi connectivity index (χ0v) is 14.7.